The summed E-state index contributed by atoms with van der Waals surface area (Å²) in [6.07, 6.45) is 3.06. The van der Waals surface area contributed by atoms with E-state index in [9.17, 15) is 13.6 Å². The van der Waals surface area contributed by atoms with E-state index < -0.39 is 23.2 Å². The second-order valence-corrected chi connectivity index (χ2v) is 5.44. The average molecular weight is 282 g/mol. The Morgan fingerprint density at radius 3 is 2.70 bits per heavy atom. The summed E-state index contributed by atoms with van der Waals surface area (Å²) >= 11 is 0. The van der Waals surface area contributed by atoms with Crippen LogP contribution < -0.4 is 10.2 Å². The van der Waals surface area contributed by atoms with Crippen LogP contribution in [-0.2, 0) is 0 Å². The van der Waals surface area contributed by atoms with Crippen LogP contribution >= 0.6 is 0 Å². The quantitative estimate of drug-likeness (QED) is 0.871. The van der Waals surface area contributed by atoms with Gasteiger partial charge in [0.05, 0.1) is 11.3 Å². The summed E-state index contributed by atoms with van der Waals surface area (Å²) in [5.74, 6) is -3.80. The van der Waals surface area contributed by atoms with Gasteiger partial charge in [0, 0.05) is 25.2 Å². The van der Waals surface area contributed by atoms with Crippen molar-refractivity contribution in [3.63, 3.8) is 0 Å². The molecule has 2 bridgehead atoms. The minimum absolute atomic E-state index is 0.154. The van der Waals surface area contributed by atoms with Crippen molar-refractivity contribution in [3.05, 3.63) is 29.3 Å². The highest BCUT2D eigenvalue weighted by Gasteiger charge is 2.31. The maximum atomic E-state index is 14.1. The zero-order valence-electron chi connectivity index (χ0n) is 10.9. The van der Waals surface area contributed by atoms with Crippen LogP contribution in [0.15, 0.2) is 12.1 Å². The number of nitrogens with one attached hydrogen (secondary N) is 1. The van der Waals surface area contributed by atoms with Gasteiger partial charge in [-0.3, -0.25) is 0 Å². The predicted molar refractivity (Wildman–Crippen MR) is 70.1 cm³/mol. The zero-order valence-corrected chi connectivity index (χ0v) is 10.9. The van der Waals surface area contributed by atoms with Gasteiger partial charge in [-0.05, 0) is 31.4 Å². The van der Waals surface area contributed by atoms with Gasteiger partial charge in [0.15, 0.2) is 11.6 Å². The van der Waals surface area contributed by atoms with Crippen LogP contribution in [0.25, 0.3) is 0 Å². The van der Waals surface area contributed by atoms with E-state index in [4.69, 9.17) is 5.11 Å². The number of hydrogen-bond acceptors (Lipinski definition) is 3. The third-order valence-corrected chi connectivity index (χ3v) is 4.16. The Morgan fingerprint density at radius 2 is 1.95 bits per heavy atom. The monoisotopic (exact) mass is 282 g/mol. The van der Waals surface area contributed by atoms with E-state index in [1.165, 1.54) is 6.07 Å². The third kappa shape index (κ3) is 2.24. The van der Waals surface area contributed by atoms with Crippen molar-refractivity contribution in [1.29, 1.82) is 0 Å². The molecule has 20 heavy (non-hydrogen) atoms. The first-order valence-electron chi connectivity index (χ1n) is 6.78. The maximum absolute atomic E-state index is 14.1. The van der Waals surface area contributed by atoms with Crippen molar-refractivity contribution >= 4 is 11.7 Å². The molecule has 1 aromatic carbocycles. The first kappa shape index (κ1) is 13.3. The molecule has 2 aliphatic heterocycles. The van der Waals surface area contributed by atoms with Crippen LogP contribution in [0.3, 0.4) is 0 Å². The fourth-order valence-electron chi connectivity index (χ4n) is 3.11. The molecule has 2 heterocycles. The largest absolute Gasteiger partial charge is 0.478 e. The lowest BCUT2D eigenvalue weighted by Crippen LogP contribution is -2.35. The molecular formula is C14H16F2N2O2. The van der Waals surface area contributed by atoms with Gasteiger partial charge in [-0.15, -0.1) is 0 Å². The van der Waals surface area contributed by atoms with Crippen LogP contribution in [0.2, 0.25) is 0 Å². The molecule has 0 saturated carbocycles. The number of carboxylic acid groups (broad SMARTS) is 1. The molecule has 2 N–H and O–H groups in total. The molecule has 0 aliphatic carbocycles. The summed E-state index contributed by atoms with van der Waals surface area (Å²) in [6, 6.07) is 3.24. The van der Waals surface area contributed by atoms with Crippen LogP contribution in [0.5, 0.6) is 0 Å². The maximum Gasteiger partial charge on any atom is 0.338 e. The minimum atomic E-state index is -1.45. The Kier molecular flexibility index (Phi) is 3.33. The molecule has 2 fully saturated rings. The fraction of sp³-hybridized carbons (Fsp3) is 0.500. The van der Waals surface area contributed by atoms with Gasteiger partial charge in [0.1, 0.15) is 0 Å². The van der Waals surface area contributed by atoms with Gasteiger partial charge >= 0.3 is 5.97 Å². The lowest BCUT2D eigenvalue weighted by Gasteiger charge is -2.27. The van der Waals surface area contributed by atoms with Gasteiger partial charge in [-0.2, -0.15) is 0 Å². The Hall–Kier alpha value is -1.69. The van der Waals surface area contributed by atoms with Gasteiger partial charge in [-0.1, -0.05) is 0 Å². The van der Waals surface area contributed by atoms with E-state index in [0.29, 0.717) is 25.2 Å². The number of nitrogens with zero attached hydrogens (tertiary/aromatic N) is 1. The highest BCUT2D eigenvalue weighted by atomic mass is 19.2. The molecule has 2 aliphatic rings. The van der Waals surface area contributed by atoms with Gasteiger partial charge in [0.2, 0.25) is 0 Å². The molecule has 2 saturated heterocycles. The van der Waals surface area contributed by atoms with Crippen LogP contribution in [0, 0.1) is 11.6 Å². The van der Waals surface area contributed by atoms with E-state index in [2.05, 4.69) is 5.32 Å². The SMILES string of the molecule is O=C(O)c1ccc(N2CCC3CCC(C2)N3)c(F)c1F. The molecule has 0 spiro atoms. The van der Waals surface area contributed by atoms with Gasteiger partial charge in [0.25, 0.3) is 0 Å². The molecule has 0 radical (unpaired) electrons. The predicted octanol–water partition coefficient (Wildman–Crippen LogP) is 1.99. The van der Waals surface area contributed by atoms with E-state index in [0.717, 1.165) is 25.3 Å². The van der Waals surface area contributed by atoms with Crippen molar-refractivity contribution in [2.24, 2.45) is 0 Å². The number of rotatable bonds is 2. The van der Waals surface area contributed by atoms with Crippen LogP contribution in [0.4, 0.5) is 14.5 Å². The molecule has 0 aromatic heterocycles. The number of benzene rings is 1. The van der Waals surface area contributed by atoms with E-state index in [1.807, 2.05) is 0 Å². The molecule has 2 unspecified atom stereocenters. The lowest BCUT2D eigenvalue weighted by atomic mass is 10.1. The molecular weight excluding hydrogens is 266 g/mol. The van der Waals surface area contributed by atoms with Gasteiger partial charge in [-0.25, -0.2) is 13.6 Å². The number of anilines is 1. The lowest BCUT2D eigenvalue weighted by molar-refractivity contribution is 0.0690. The summed E-state index contributed by atoms with van der Waals surface area (Å²) in [7, 11) is 0. The Bertz CT molecular complexity index is 550. The van der Waals surface area contributed by atoms with Crippen molar-refractivity contribution in [2.75, 3.05) is 18.0 Å². The molecule has 6 heteroatoms. The number of aromatic carboxylic acids is 1. The fourth-order valence-corrected chi connectivity index (χ4v) is 3.11. The molecule has 0 amide bonds. The molecule has 4 nitrogen and oxygen atoms in total. The van der Waals surface area contributed by atoms with Crippen molar-refractivity contribution in [1.82, 2.24) is 5.32 Å². The highest BCUT2D eigenvalue weighted by molar-refractivity contribution is 5.88. The molecule has 108 valence electrons. The summed E-state index contributed by atoms with van der Waals surface area (Å²) < 4.78 is 27.8. The summed E-state index contributed by atoms with van der Waals surface area (Å²) in [5, 5.41) is 12.3. The number of fused-ring (bicyclic) bond motifs is 2. The standard InChI is InChI=1S/C14H16F2N2O2/c15-12-10(14(19)20)3-4-11(13(12)16)18-6-5-8-1-2-9(7-18)17-8/h3-4,8-9,17H,1-2,5-7H2,(H,19,20). The van der Waals surface area contributed by atoms with Crippen LogP contribution in [-0.4, -0.2) is 36.2 Å². The number of carbonyl (C=O) groups is 1. The summed E-state index contributed by atoms with van der Waals surface area (Å²) in [5.41, 5.74) is -0.470. The normalized spacial score (nSPS) is 25.6. The Labute approximate surface area is 115 Å². The molecule has 2 atom stereocenters. The topological polar surface area (TPSA) is 52.6 Å². The highest BCUT2D eigenvalue weighted by Crippen LogP contribution is 2.28. The second kappa shape index (κ2) is 5.01. The van der Waals surface area contributed by atoms with Gasteiger partial charge < -0.3 is 15.3 Å². The summed E-state index contributed by atoms with van der Waals surface area (Å²) in [6.45, 7) is 1.27. The summed E-state index contributed by atoms with van der Waals surface area (Å²) in [4.78, 5) is 12.6. The third-order valence-electron chi connectivity index (χ3n) is 4.16. The number of halogens is 2. The smallest absolute Gasteiger partial charge is 0.338 e. The van der Waals surface area contributed by atoms with Crippen molar-refractivity contribution in [2.45, 2.75) is 31.3 Å². The first-order chi connectivity index (χ1) is 9.56. The van der Waals surface area contributed by atoms with Crippen molar-refractivity contribution < 1.29 is 18.7 Å². The van der Waals surface area contributed by atoms with E-state index >= 15 is 0 Å². The van der Waals surface area contributed by atoms with E-state index in [1.54, 1.807) is 4.90 Å². The molecule has 3 rings (SSSR count). The van der Waals surface area contributed by atoms with E-state index in [-0.39, 0.29) is 5.69 Å². The molecule has 1 aromatic rings. The van der Waals surface area contributed by atoms with Crippen molar-refractivity contribution in [3.8, 4) is 0 Å². The number of carboxylic acids is 1. The minimum Gasteiger partial charge on any atom is -0.478 e. The van der Waals surface area contributed by atoms with Crippen LogP contribution in [0.1, 0.15) is 29.6 Å². The first-order valence-corrected chi connectivity index (χ1v) is 6.78. The Morgan fingerprint density at radius 1 is 1.20 bits per heavy atom. The Balaban J connectivity index is 1.90. The zero-order chi connectivity index (χ0) is 14.3. The second-order valence-electron chi connectivity index (χ2n) is 5.44. The number of hydrogen-bond donors (Lipinski definition) is 2. The average Bonchev–Trinajstić information content (AvgIpc) is 2.73.